The predicted octanol–water partition coefficient (Wildman–Crippen LogP) is 4.52. The summed E-state index contributed by atoms with van der Waals surface area (Å²) in [4.78, 5) is 27.7. The number of carbonyl (C=O) groups excluding carboxylic acids is 1. The Morgan fingerprint density at radius 2 is 1.75 bits per heavy atom. The molecule has 24 heavy (non-hydrogen) atoms. The number of rotatable bonds is 4. The SMILES string of the molecule is O=C(O)c1cccc(C(=O)Nc2nc(-c3ccccc3)c(Br)s2)c1. The van der Waals surface area contributed by atoms with Crippen molar-refractivity contribution in [2.75, 3.05) is 5.32 Å². The van der Waals surface area contributed by atoms with Crippen molar-refractivity contribution >= 4 is 44.3 Å². The summed E-state index contributed by atoms with van der Waals surface area (Å²) in [6, 6.07) is 15.5. The minimum absolute atomic E-state index is 0.0629. The van der Waals surface area contributed by atoms with Gasteiger partial charge >= 0.3 is 5.97 Å². The highest BCUT2D eigenvalue weighted by Crippen LogP contribution is 2.35. The first-order valence-electron chi connectivity index (χ1n) is 6.91. The van der Waals surface area contributed by atoms with Crippen LogP contribution < -0.4 is 5.32 Å². The molecule has 5 nitrogen and oxygen atoms in total. The van der Waals surface area contributed by atoms with E-state index in [-0.39, 0.29) is 11.1 Å². The van der Waals surface area contributed by atoms with Crippen LogP contribution >= 0.6 is 27.3 Å². The lowest BCUT2D eigenvalue weighted by atomic mass is 10.1. The maximum Gasteiger partial charge on any atom is 0.335 e. The molecule has 2 N–H and O–H groups in total. The van der Waals surface area contributed by atoms with Crippen LogP contribution in [0.5, 0.6) is 0 Å². The third kappa shape index (κ3) is 3.52. The number of carboxylic acids is 1. The molecule has 1 amide bonds. The summed E-state index contributed by atoms with van der Waals surface area (Å²) in [5.41, 5.74) is 2.01. The van der Waals surface area contributed by atoms with E-state index in [0.717, 1.165) is 15.0 Å². The van der Waals surface area contributed by atoms with Crippen molar-refractivity contribution in [3.63, 3.8) is 0 Å². The van der Waals surface area contributed by atoms with Crippen LogP contribution in [0.2, 0.25) is 0 Å². The Hall–Kier alpha value is -2.51. The third-order valence-electron chi connectivity index (χ3n) is 3.23. The molecule has 0 fully saturated rings. The van der Waals surface area contributed by atoms with Gasteiger partial charge in [-0.15, -0.1) is 0 Å². The summed E-state index contributed by atoms with van der Waals surface area (Å²) >= 11 is 4.76. The number of thiazole rings is 1. The number of benzene rings is 2. The first kappa shape index (κ1) is 16.4. The number of nitrogens with zero attached hydrogens (tertiary/aromatic N) is 1. The van der Waals surface area contributed by atoms with Gasteiger partial charge in [0.2, 0.25) is 0 Å². The highest BCUT2D eigenvalue weighted by molar-refractivity contribution is 9.11. The molecule has 0 saturated heterocycles. The number of carbonyl (C=O) groups is 2. The maximum absolute atomic E-state index is 12.3. The van der Waals surface area contributed by atoms with Crippen LogP contribution in [0, 0.1) is 0 Å². The molecule has 0 radical (unpaired) electrons. The highest BCUT2D eigenvalue weighted by atomic mass is 79.9. The zero-order valence-electron chi connectivity index (χ0n) is 12.2. The summed E-state index contributed by atoms with van der Waals surface area (Å²) in [7, 11) is 0. The monoisotopic (exact) mass is 402 g/mol. The molecule has 0 aliphatic rings. The number of carboxylic acid groups (broad SMARTS) is 1. The summed E-state index contributed by atoms with van der Waals surface area (Å²) in [5, 5.41) is 12.1. The molecule has 0 bridgehead atoms. The van der Waals surface area contributed by atoms with Gasteiger partial charge in [0.25, 0.3) is 5.91 Å². The van der Waals surface area contributed by atoms with Crippen LogP contribution in [0.15, 0.2) is 58.4 Å². The smallest absolute Gasteiger partial charge is 0.335 e. The summed E-state index contributed by atoms with van der Waals surface area (Å²) in [6.07, 6.45) is 0. The Morgan fingerprint density at radius 1 is 1.04 bits per heavy atom. The second kappa shape index (κ2) is 6.94. The van der Waals surface area contributed by atoms with Gasteiger partial charge in [0.15, 0.2) is 5.13 Å². The third-order valence-corrected chi connectivity index (χ3v) is 4.85. The molecule has 0 saturated carbocycles. The minimum Gasteiger partial charge on any atom is -0.478 e. The van der Waals surface area contributed by atoms with Crippen molar-refractivity contribution < 1.29 is 14.7 Å². The molecule has 3 aromatic rings. The van der Waals surface area contributed by atoms with Gasteiger partial charge in [-0.05, 0) is 34.1 Å². The zero-order valence-corrected chi connectivity index (χ0v) is 14.6. The molecule has 2 aromatic carbocycles. The average molecular weight is 403 g/mol. The number of aromatic carboxylic acids is 1. The van der Waals surface area contributed by atoms with Crippen LogP contribution in [0.1, 0.15) is 20.7 Å². The van der Waals surface area contributed by atoms with Crippen LogP contribution in [-0.2, 0) is 0 Å². The molecular weight excluding hydrogens is 392 g/mol. The largest absolute Gasteiger partial charge is 0.478 e. The molecule has 0 spiro atoms. The molecule has 0 atom stereocenters. The summed E-state index contributed by atoms with van der Waals surface area (Å²) in [5.74, 6) is -1.48. The van der Waals surface area contributed by atoms with Crippen molar-refractivity contribution in [2.24, 2.45) is 0 Å². The molecule has 120 valence electrons. The van der Waals surface area contributed by atoms with Gasteiger partial charge < -0.3 is 5.11 Å². The molecule has 0 unspecified atom stereocenters. The fourth-order valence-electron chi connectivity index (χ4n) is 2.09. The van der Waals surface area contributed by atoms with Gasteiger partial charge in [-0.3, -0.25) is 10.1 Å². The Balaban J connectivity index is 1.83. The molecular formula is C17H11BrN2O3S. The average Bonchev–Trinajstić information content (AvgIpc) is 2.96. The fraction of sp³-hybridized carbons (Fsp3) is 0. The number of anilines is 1. The Morgan fingerprint density at radius 3 is 2.46 bits per heavy atom. The van der Waals surface area contributed by atoms with Gasteiger partial charge in [0.1, 0.15) is 0 Å². The second-order valence-corrected chi connectivity index (χ2v) is 7.16. The van der Waals surface area contributed by atoms with Gasteiger partial charge in [-0.2, -0.15) is 0 Å². The number of halogens is 1. The quantitative estimate of drug-likeness (QED) is 0.671. The number of amides is 1. The molecule has 1 aromatic heterocycles. The van der Waals surface area contributed by atoms with E-state index in [1.54, 1.807) is 6.07 Å². The Labute approximate surface area is 150 Å². The standard InChI is InChI=1S/C17H11BrN2O3S/c18-14-13(10-5-2-1-3-6-10)19-17(24-14)20-15(21)11-7-4-8-12(9-11)16(22)23/h1-9H,(H,22,23)(H,19,20,21). The van der Waals surface area contributed by atoms with Crippen LogP contribution in [0.3, 0.4) is 0 Å². The maximum atomic E-state index is 12.3. The Kier molecular flexibility index (Phi) is 4.73. The lowest BCUT2D eigenvalue weighted by Crippen LogP contribution is -2.12. The predicted molar refractivity (Wildman–Crippen MR) is 96.6 cm³/mol. The van der Waals surface area contributed by atoms with Crippen molar-refractivity contribution in [2.45, 2.75) is 0 Å². The number of hydrogen-bond donors (Lipinski definition) is 2. The minimum atomic E-state index is -1.08. The van der Waals surface area contributed by atoms with E-state index in [9.17, 15) is 9.59 Å². The lowest BCUT2D eigenvalue weighted by molar-refractivity contribution is 0.0697. The van der Waals surface area contributed by atoms with E-state index in [0.29, 0.717) is 5.13 Å². The van der Waals surface area contributed by atoms with Gasteiger partial charge in [-0.1, -0.05) is 47.7 Å². The normalized spacial score (nSPS) is 10.4. The first-order chi connectivity index (χ1) is 11.5. The molecule has 7 heteroatoms. The first-order valence-corrected chi connectivity index (χ1v) is 8.52. The van der Waals surface area contributed by atoms with E-state index in [4.69, 9.17) is 5.11 Å². The van der Waals surface area contributed by atoms with E-state index < -0.39 is 11.9 Å². The molecule has 1 heterocycles. The lowest BCUT2D eigenvalue weighted by Gasteiger charge is -2.02. The van der Waals surface area contributed by atoms with Gasteiger partial charge in [-0.25, -0.2) is 9.78 Å². The molecule has 0 aliphatic heterocycles. The summed E-state index contributed by atoms with van der Waals surface area (Å²) < 4.78 is 0.809. The number of aromatic nitrogens is 1. The second-order valence-electron chi connectivity index (χ2n) is 4.85. The van der Waals surface area contributed by atoms with Crippen molar-refractivity contribution in [3.8, 4) is 11.3 Å². The van der Waals surface area contributed by atoms with Crippen LogP contribution in [0.25, 0.3) is 11.3 Å². The van der Waals surface area contributed by atoms with Crippen molar-refractivity contribution in [3.05, 3.63) is 69.5 Å². The fourth-order valence-corrected chi connectivity index (χ4v) is 3.58. The molecule has 0 aliphatic carbocycles. The van der Waals surface area contributed by atoms with Gasteiger partial charge in [0, 0.05) is 11.1 Å². The topological polar surface area (TPSA) is 79.3 Å². The van der Waals surface area contributed by atoms with Crippen LogP contribution in [0.4, 0.5) is 5.13 Å². The zero-order chi connectivity index (χ0) is 17.1. The van der Waals surface area contributed by atoms with Crippen molar-refractivity contribution in [1.82, 2.24) is 4.98 Å². The number of hydrogen-bond acceptors (Lipinski definition) is 4. The number of nitrogens with one attached hydrogen (secondary N) is 1. The van der Waals surface area contributed by atoms with E-state index in [2.05, 4.69) is 26.2 Å². The van der Waals surface area contributed by atoms with E-state index in [1.807, 2.05) is 30.3 Å². The van der Waals surface area contributed by atoms with Crippen molar-refractivity contribution in [1.29, 1.82) is 0 Å². The van der Waals surface area contributed by atoms with Gasteiger partial charge in [0.05, 0.1) is 15.0 Å². The summed E-state index contributed by atoms with van der Waals surface area (Å²) in [6.45, 7) is 0. The molecule has 3 rings (SSSR count). The van der Waals surface area contributed by atoms with Crippen LogP contribution in [-0.4, -0.2) is 22.0 Å². The van der Waals surface area contributed by atoms with E-state index >= 15 is 0 Å². The highest BCUT2D eigenvalue weighted by Gasteiger charge is 2.15. The Bertz CT molecular complexity index is 909. The van der Waals surface area contributed by atoms with E-state index in [1.165, 1.54) is 29.5 Å².